The van der Waals surface area contributed by atoms with Crippen LogP contribution in [-0.4, -0.2) is 22.3 Å². The molecule has 0 aliphatic heterocycles. The molecule has 3 nitrogen and oxygen atoms in total. The number of benzene rings is 1. The maximum atomic E-state index is 12.9. The number of nitrogens with one attached hydrogen (secondary N) is 1. The maximum absolute atomic E-state index is 12.9. The van der Waals surface area contributed by atoms with Crippen molar-refractivity contribution in [2.75, 3.05) is 0 Å². The number of nitrogens with zero attached hydrogens (tertiary/aromatic N) is 1. The van der Waals surface area contributed by atoms with E-state index in [4.69, 9.17) is 0 Å². The summed E-state index contributed by atoms with van der Waals surface area (Å²) in [6, 6.07) is 9.94. The Hall–Kier alpha value is -1.74. The monoisotopic (exact) mass is 312 g/mol. The molecule has 0 aliphatic carbocycles. The first-order valence-electron chi connectivity index (χ1n) is 8.22. The third kappa shape index (κ3) is 4.61. The highest BCUT2D eigenvalue weighted by atomic mass is 16.1. The molecule has 0 spiro atoms. The van der Waals surface area contributed by atoms with Gasteiger partial charge in [0.2, 0.25) is 0 Å². The quantitative estimate of drug-likeness (QED) is 0.922. The fourth-order valence-electron chi connectivity index (χ4n) is 2.82. The Morgan fingerprint density at radius 3 is 2.39 bits per heavy atom. The van der Waals surface area contributed by atoms with Crippen LogP contribution < -0.4 is 5.32 Å². The first-order valence-corrected chi connectivity index (χ1v) is 8.22. The van der Waals surface area contributed by atoms with E-state index in [1.807, 2.05) is 39.0 Å². The van der Waals surface area contributed by atoms with Crippen molar-refractivity contribution in [1.29, 1.82) is 0 Å². The summed E-state index contributed by atoms with van der Waals surface area (Å²) in [5.41, 5.74) is 1.65. The van der Waals surface area contributed by atoms with Gasteiger partial charge in [-0.2, -0.15) is 0 Å². The molecular formula is C20H28N2O. The molecule has 0 amide bonds. The second kappa shape index (κ2) is 6.40. The van der Waals surface area contributed by atoms with Gasteiger partial charge < -0.3 is 5.32 Å². The van der Waals surface area contributed by atoms with Gasteiger partial charge >= 0.3 is 0 Å². The molecule has 1 N–H and O–H groups in total. The predicted molar refractivity (Wildman–Crippen MR) is 96.6 cm³/mol. The summed E-state index contributed by atoms with van der Waals surface area (Å²) in [5.74, 6) is 0.244. The minimum atomic E-state index is -0.369. The minimum absolute atomic E-state index is 0.117. The lowest BCUT2D eigenvalue weighted by atomic mass is 9.83. The van der Waals surface area contributed by atoms with E-state index in [0.29, 0.717) is 6.42 Å². The van der Waals surface area contributed by atoms with Gasteiger partial charge in [0.1, 0.15) is 0 Å². The van der Waals surface area contributed by atoms with Gasteiger partial charge in [0.15, 0.2) is 5.78 Å². The van der Waals surface area contributed by atoms with E-state index >= 15 is 0 Å². The lowest BCUT2D eigenvalue weighted by molar-refractivity contribution is -0.128. The Morgan fingerprint density at radius 1 is 1.09 bits per heavy atom. The molecule has 0 unspecified atom stereocenters. The van der Waals surface area contributed by atoms with E-state index in [0.717, 1.165) is 16.5 Å². The lowest BCUT2D eigenvalue weighted by Gasteiger charge is -2.32. The highest BCUT2D eigenvalue weighted by Gasteiger charge is 2.32. The summed E-state index contributed by atoms with van der Waals surface area (Å²) in [5, 5.41) is 4.63. The van der Waals surface area contributed by atoms with E-state index in [-0.39, 0.29) is 22.8 Å². The van der Waals surface area contributed by atoms with Crippen LogP contribution >= 0.6 is 0 Å². The minimum Gasteiger partial charge on any atom is -0.302 e. The molecule has 1 aromatic heterocycles. The SMILES string of the molecule is CC(C)(C)N[C@@H](Cc1cccc2ncccc12)C(=O)C(C)(C)C. The first-order chi connectivity index (χ1) is 10.6. The zero-order valence-corrected chi connectivity index (χ0v) is 15.1. The van der Waals surface area contributed by atoms with Gasteiger partial charge in [-0.25, -0.2) is 0 Å². The summed E-state index contributed by atoms with van der Waals surface area (Å²) < 4.78 is 0. The van der Waals surface area contributed by atoms with Gasteiger partial charge in [-0.3, -0.25) is 9.78 Å². The number of Topliss-reactive ketones (excluding diaryl/α,β-unsaturated/α-hetero) is 1. The van der Waals surface area contributed by atoms with Crippen molar-refractivity contribution in [1.82, 2.24) is 10.3 Å². The molecular weight excluding hydrogens is 284 g/mol. The van der Waals surface area contributed by atoms with Gasteiger partial charge in [-0.1, -0.05) is 39.0 Å². The molecule has 0 fully saturated rings. The summed E-state index contributed by atoms with van der Waals surface area (Å²) >= 11 is 0. The number of hydrogen-bond acceptors (Lipinski definition) is 3. The molecule has 0 aliphatic rings. The zero-order valence-electron chi connectivity index (χ0n) is 15.1. The number of carbonyl (C=O) groups is 1. The van der Waals surface area contributed by atoms with Crippen LogP contribution in [0, 0.1) is 5.41 Å². The van der Waals surface area contributed by atoms with Crippen LogP contribution in [0.15, 0.2) is 36.5 Å². The number of pyridine rings is 1. The summed E-state index contributed by atoms with van der Waals surface area (Å²) in [4.78, 5) is 17.3. The van der Waals surface area contributed by atoms with E-state index < -0.39 is 0 Å². The van der Waals surface area contributed by atoms with Crippen LogP contribution in [0.1, 0.15) is 47.1 Å². The van der Waals surface area contributed by atoms with Crippen molar-refractivity contribution in [2.45, 2.75) is 59.5 Å². The molecule has 1 atom stereocenters. The molecule has 1 aromatic carbocycles. The second-order valence-corrected chi connectivity index (χ2v) is 8.25. The second-order valence-electron chi connectivity index (χ2n) is 8.25. The molecule has 1 heterocycles. The van der Waals surface area contributed by atoms with Crippen molar-refractivity contribution in [3.8, 4) is 0 Å². The standard InChI is InChI=1S/C20H28N2O/c1-19(2,3)18(23)17(22-20(4,5)6)13-14-9-7-11-16-15(14)10-8-12-21-16/h7-12,17,22H,13H2,1-6H3/t17-/m0/s1. The van der Waals surface area contributed by atoms with Crippen LogP contribution in [0.5, 0.6) is 0 Å². The fraction of sp³-hybridized carbons (Fsp3) is 0.500. The van der Waals surface area contributed by atoms with Gasteiger partial charge in [0.05, 0.1) is 11.6 Å². The molecule has 2 aromatic rings. The molecule has 124 valence electrons. The Kier molecular flexibility index (Phi) is 4.90. The third-order valence-electron chi connectivity index (χ3n) is 3.82. The number of aromatic nitrogens is 1. The largest absolute Gasteiger partial charge is 0.302 e. The zero-order chi connectivity index (χ0) is 17.3. The van der Waals surface area contributed by atoms with Gasteiger partial charge in [0.25, 0.3) is 0 Å². The highest BCUT2D eigenvalue weighted by molar-refractivity contribution is 5.90. The number of rotatable bonds is 4. The maximum Gasteiger partial charge on any atom is 0.155 e. The number of carbonyl (C=O) groups excluding carboxylic acids is 1. The third-order valence-corrected chi connectivity index (χ3v) is 3.82. The van der Waals surface area contributed by atoms with Gasteiger partial charge in [-0.15, -0.1) is 0 Å². The van der Waals surface area contributed by atoms with E-state index in [1.165, 1.54) is 0 Å². The molecule has 23 heavy (non-hydrogen) atoms. The van der Waals surface area contributed by atoms with E-state index in [9.17, 15) is 4.79 Å². The molecule has 0 radical (unpaired) electrons. The topological polar surface area (TPSA) is 42.0 Å². The summed E-state index contributed by atoms with van der Waals surface area (Å²) in [7, 11) is 0. The smallest absolute Gasteiger partial charge is 0.155 e. The average Bonchev–Trinajstić information content (AvgIpc) is 2.44. The van der Waals surface area contributed by atoms with Crippen LogP contribution in [0.3, 0.4) is 0 Å². The normalized spacial score (nSPS) is 14.0. The van der Waals surface area contributed by atoms with Crippen LogP contribution in [0.2, 0.25) is 0 Å². The van der Waals surface area contributed by atoms with Crippen LogP contribution in [-0.2, 0) is 11.2 Å². The highest BCUT2D eigenvalue weighted by Crippen LogP contribution is 2.23. The van der Waals surface area contributed by atoms with Crippen molar-refractivity contribution in [3.63, 3.8) is 0 Å². The Morgan fingerprint density at radius 2 is 1.78 bits per heavy atom. The Labute approximate surface area is 139 Å². The Bertz CT molecular complexity index is 687. The van der Waals surface area contributed by atoms with Crippen molar-refractivity contribution < 1.29 is 4.79 Å². The number of ketones is 1. The van der Waals surface area contributed by atoms with Crippen molar-refractivity contribution >= 4 is 16.7 Å². The molecule has 2 rings (SSSR count). The molecule has 0 bridgehead atoms. The van der Waals surface area contributed by atoms with Crippen LogP contribution in [0.25, 0.3) is 10.9 Å². The molecule has 0 saturated carbocycles. The van der Waals surface area contributed by atoms with Gasteiger partial charge in [0, 0.05) is 22.5 Å². The molecule has 3 heteroatoms. The fourth-order valence-corrected chi connectivity index (χ4v) is 2.82. The number of fused-ring (bicyclic) bond motifs is 1. The number of hydrogen-bond donors (Lipinski definition) is 1. The Balaban J connectivity index is 2.38. The average molecular weight is 312 g/mol. The van der Waals surface area contributed by atoms with E-state index in [1.54, 1.807) is 6.20 Å². The summed E-state index contributed by atoms with van der Waals surface area (Å²) in [6.07, 6.45) is 2.48. The van der Waals surface area contributed by atoms with Crippen molar-refractivity contribution in [3.05, 3.63) is 42.1 Å². The predicted octanol–water partition coefficient (Wildman–Crippen LogP) is 4.15. The summed E-state index contributed by atoms with van der Waals surface area (Å²) in [6.45, 7) is 12.2. The van der Waals surface area contributed by atoms with Gasteiger partial charge in [-0.05, 0) is 44.9 Å². The first kappa shape index (κ1) is 17.6. The van der Waals surface area contributed by atoms with Crippen molar-refractivity contribution in [2.24, 2.45) is 5.41 Å². The van der Waals surface area contributed by atoms with E-state index in [2.05, 4.69) is 43.2 Å². The molecule has 0 saturated heterocycles. The lowest BCUT2D eigenvalue weighted by Crippen LogP contribution is -2.51. The van der Waals surface area contributed by atoms with Crippen LogP contribution in [0.4, 0.5) is 0 Å².